The Bertz CT molecular complexity index is 949. The van der Waals surface area contributed by atoms with Gasteiger partial charge in [0.25, 0.3) is 0 Å². The molecule has 1 aliphatic carbocycles. The lowest BCUT2D eigenvalue weighted by atomic mass is 9.78. The van der Waals surface area contributed by atoms with Gasteiger partial charge in [-0.05, 0) is 55.6 Å². The number of nitrogens with zero attached hydrogens (tertiary/aromatic N) is 1. The Labute approximate surface area is 181 Å². The number of carboxylic acid groups (broad SMARTS) is 1. The van der Waals surface area contributed by atoms with Crippen molar-refractivity contribution in [3.63, 3.8) is 0 Å². The van der Waals surface area contributed by atoms with Crippen LogP contribution in [0, 0.1) is 22.2 Å². The minimum Gasteiger partial charge on any atom is -0.481 e. The molecule has 1 N–H and O–H groups in total. The minimum absolute atomic E-state index is 0.543. The lowest BCUT2D eigenvalue weighted by molar-refractivity contribution is -0.146. The number of hydrogen-bond acceptors (Lipinski definition) is 3. The lowest BCUT2D eigenvalue weighted by Crippen LogP contribution is -2.36. The summed E-state index contributed by atoms with van der Waals surface area (Å²) in [5.41, 5.74) is -2.95. The molecule has 0 amide bonds. The zero-order chi connectivity index (χ0) is 20.6. The van der Waals surface area contributed by atoms with Crippen LogP contribution in [0.1, 0.15) is 25.3 Å². The summed E-state index contributed by atoms with van der Waals surface area (Å²) in [4.78, 5) is 12.8. The van der Waals surface area contributed by atoms with E-state index >= 15 is 0 Å². The number of nitriles is 1. The zero-order valence-corrected chi connectivity index (χ0v) is 18.6. The molecule has 1 fully saturated rings. The fourth-order valence-corrected chi connectivity index (χ4v) is 5.10. The highest BCUT2D eigenvalue weighted by molar-refractivity contribution is 9.28. The third kappa shape index (κ3) is 2.80. The van der Waals surface area contributed by atoms with Crippen molar-refractivity contribution in [1.82, 2.24) is 0 Å². The van der Waals surface area contributed by atoms with Crippen molar-refractivity contribution in [2.75, 3.05) is 0 Å². The molecule has 1 aliphatic rings. The second kappa shape index (κ2) is 7.38. The van der Waals surface area contributed by atoms with Crippen LogP contribution in [0.4, 0.5) is 0 Å². The van der Waals surface area contributed by atoms with Crippen molar-refractivity contribution in [2.24, 2.45) is 10.8 Å². The Morgan fingerprint density at radius 2 is 1.64 bits per heavy atom. The average molecular weight is 505 g/mol. The van der Waals surface area contributed by atoms with Crippen molar-refractivity contribution < 1.29 is 14.6 Å². The van der Waals surface area contributed by atoms with E-state index in [1.54, 1.807) is 42.5 Å². The topological polar surface area (TPSA) is 70.3 Å². The van der Waals surface area contributed by atoms with Gasteiger partial charge in [0.05, 0.1) is 15.4 Å². The van der Waals surface area contributed by atoms with Crippen molar-refractivity contribution >= 4 is 37.8 Å². The summed E-state index contributed by atoms with van der Waals surface area (Å²) in [6.45, 7) is 3.66. The van der Waals surface area contributed by atoms with Crippen LogP contribution < -0.4 is 4.74 Å². The SMILES string of the molecule is CC1(C)C(C=C(Br)Br)(Oc2ccccc2)C1(C(=O)O)C(C#N)c1ccccc1. The van der Waals surface area contributed by atoms with E-state index in [2.05, 4.69) is 37.9 Å². The molecule has 3 rings (SSSR count). The van der Waals surface area contributed by atoms with Gasteiger partial charge in [0.2, 0.25) is 0 Å². The number of carboxylic acids is 1. The quantitative estimate of drug-likeness (QED) is 0.535. The van der Waals surface area contributed by atoms with Gasteiger partial charge >= 0.3 is 5.97 Å². The van der Waals surface area contributed by atoms with Crippen molar-refractivity contribution in [2.45, 2.75) is 25.4 Å². The molecule has 3 atom stereocenters. The van der Waals surface area contributed by atoms with Crippen LogP contribution in [0.15, 0.2) is 70.1 Å². The predicted octanol–water partition coefficient (Wildman–Crippen LogP) is 5.85. The number of para-hydroxylation sites is 1. The van der Waals surface area contributed by atoms with Crippen LogP contribution in [-0.4, -0.2) is 16.7 Å². The molecule has 0 saturated heterocycles. The van der Waals surface area contributed by atoms with E-state index < -0.39 is 28.3 Å². The number of aliphatic carboxylic acids is 1. The standard InChI is InChI=1S/C22H19Br2NO3/c1-20(2)21(13-18(23)24,28-16-11-7-4-8-12-16)22(20,19(26)27)17(14-25)15-9-5-3-6-10-15/h3-13,17H,1-2H3,(H,26,27). The number of carbonyl (C=O) groups is 1. The van der Waals surface area contributed by atoms with Gasteiger partial charge in [-0.2, -0.15) is 5.26 Å². The van der Waals surface area contributed by atoms with E-state index in [1.807, 2.05) is 38.1 Å². The van der Waals surface area contributed by atoms with Gasteiger partial charge in [-0.25, -0.2) is 0 Å². The van der Waals surface area contributed by atoms with Gasteiger partial charge in [0.1, 0.15) is 11.2 Å². The van der Waals surface area contributed by atoms with Crippen molar-refractivity contribution in [1.29, 1.82) is 5.26 Å². The summed E-state index contributed by atoms with van der Waals surface area (Å²) in [6.07, 6.45) is 1.71. The maximum absolute atomic E-state index is 12.8. The highest BCUT2D eigenvalue weighted by Crippen LogP contribution is 2.79. The third-order valence-electron chi connectivity index (χ3n) is 5.80. The fraction of sp³-hybridized carbons (Fsp3) is 0.273. The summed E-state index contributed by atoms with van der Waals surface area (Å²) >= 11 is 6.73. The van der Waals surface area contributed by atoms with E-state index in [1.165, 1.54) is 0 Å². The third-order valence-corrected chi connectivity index (χ3v) is 6.26. The van der Waals surface area contributed by atoms with E-state index in [0.29, 0.717) is 14.7 Å². The smallest absolute Gasteiger partial charge is 0.316 e. The van der Waals surface area contributed by atoms with E-state index in [9.17, 15) is 15.2 Å². The van der Waals surface area contributed by atoms with Gasteiger partial charge < -0.3 is 9.84 Å². The molecule has 1 saturated carbocycles. The number of halogens is 2. The highest BCUT2D eigenvalue weighted by atomic mass is 79.9. The first-order valence-corrected chi connectivity index (χ1v) is 10.3. The van der Waals surface area contributed by atoms with Crippen LogP contribution in [0.3, 0.4) is 0 Å². The summed E-state index contributed by atoms with van der Waals surface area (Å²) in [7, 11) is 0. The first-order valence-electron chi connectivity index (χ1n) is 8.70. The normalized spacial score (nSPS) is 25.8. The van der Waals surface area contributed by atoms with Gasteiger partial charge in [0, 0.05) is 5.41 Å². The summed E-state index contributed by atoms with van der Waals surface area (Å²) < 4.78 is 6.92. The largest absolute Gasteiger partial charge is 0.481 e. The van der Waals surface area contributed by atoms with Crippen LogP contribution in [0.5, 0.6) is 5.75 Å². The van der Waals surface area contributed by atoms with Crippen molar-refractivity contribution in [3.05, 3.63) is 75.7 Å². The van der Waals surface area contributed by atoms with Gasteiger partial charge in [-0.15, -0.1) is 0 Å². The summed E-state index contributed by atoms with van der Waals surface area (Å²) in [5, 5.41) is 20.5. The maximum atomic E-state index is 12.8. The monoisotopic (exact) mass is 503 g/mol. The number of hydrogen-bond donors (Lipinski definition) is 1. The molecule has 144 valence electrons. The summed E-state index contributed by atoms with van der Waals surface area (Å²) in [6, 6.07) is 20.3. The Kier molecular flexibility index (Phi) is 5.44. The molecule has 0 bridgehead atoms. The predicted molar refractivity (Wildman–Crippen MR) is 114 cm³/mol. The Hall–Kier alpha value is -2.10. The van der Waals surface area contributed by atoms with Crippen LogP contribution in [0.25, 0.3) is 0 Å². The average Bonchev–Trinajstić information content (AvgIpc) is 3.06. The van der Waals surface area contributed by atoms with Crippen LogP contribution in [0.2, 0.25) is 0 Å². The van der Waals surface area contributed by atoms with Gasteiger partial charge in [-0.1, -0.05) is 62.4 Å². The molecular formula is C22H19Br2NO3. The molecule has 28 heavy (non-hydrogen) atoms. The number of benzene rings is 2. The molecule has 0 aliphatic heterocycles. The molecule has 3 unspecified atom stereocenters. The molecule has 6 heteroatoms. The molecule has 0 radical (unpaired) electrons. The molecular weight excluding hydrogens is 486 g/mol. The molecule has 4 nitrogen and oxygen atoms in total. The van der Waals surface area contributed by atoms with Crippen LogP contribution in [-0.2, 0) is 4.79 Å². The first kappa shape index (κ1) is 20.6. The minimum atomic E-state index is -1.49. The van der Waals surface area contributed by atoms with Crippen molar-refractivity contribution in [3.8, 4) is 11.8 Å². The van der Waals surface area contributed by atoms with Gasteiger partial charge in [-0.3, -0.25) is 4.79 Å². The second-order valence-electron chi connectivity index (χ2n) is 7.30. The Morgan fingerprint density at radius 3 is 2.11 bits per heavy atom. The Balaban J connectivity index is 2.25. The zero-order valence-electron chi connectivity index (χ0n) is 15.4. The molecule has 0 heterocycles. The molecule has 0 spiro atoms. The lowest BCUT2D eigenvalue weighted by Gasteiger charge is -2.25. The number of ether oxygens (including phenoxy) is 1. The second-order valence-corrected chi connectivity index (χ2v) is 10.1. The molecule has 2 aromatic rings. The van der Waals surface area contributed by atoms with E-state index in [-0.39, 0.29) is 0 Å². The molecule has 2 aromatic carbocycles. The van der Waals surface area contributed by atoms with Crippen LogP contribution >= 0.6 is 31.9 Å². The fourth-order valence-electron chi connectivity index (χ4n) is 4.45. The summed E-state index contributed by atoms with van der Waals surface area (Å²) in [5.74, 6) is -1.43. The number of rotatable bonds is 6. The molecule has 0 aromatic heterocycles. The van der Waals surface area contributed by atoms with E-state index in [4.69, 9.17) is 4.74 Å². The highest BCUT2D eigenvalue weighted by Gasteiger charge is 2.91. The first-order chi connectivity index (χ1) is 13.2. The Morgan fingerprint density at radius 1 is 1.11 bits per heavy atom. The maximum Gasteiger partial charge on any atom is 0.316 e. The van der Waals surface area contributed by atoms with E-state index in [0.717, 1.165) is 0 Å². The van der Waals surface area contributed by atoms with Gasteiger partial charge in [0.15, 0.2) is 5.60 Å².